The second kappa shape index (κ2) is 12.3. The predicted molar refractivity (Wildman–Crippen MR) is 148 cm³/mol. The SMILES string of the molecule is CC(=O)OCC1=C(C(=O)O)N2C(=O)[C@@H](N)[C@H]2SC1.CCn1cc(C(=O)O)c(=O)c2cc(F)c(N3CCNCC3)cc21. The number of aromatic carboxylic acids is 1. The predicted octanol–water partition coefficient (Wildman–Crippen LogP) is 0.399. The molecule has 3 aliphatic heterocycles. The summed E-state index contributed by atoms with van der Waals surface area (Å²) >= 11 is 1.37. The molecule has 15 heteroatoms. The number of thioether (sulfide) groups is 1. The highest BCUT2D eigenvalue weighted by atomic mass is 32.2. The molecule has 0 aliphatic carbocycles. The Hall–Kier alpha value is -3.95. The number of nitrogens with two attached hydrogens (primary N) is 1. The second-order valence-electron chi connectivity index (χ2n) is 9.49. The van der Waals surface area contributed by atoms with Crippen molar-refractivity contribution in [1.82, 2.24) is 14.8 Å². The Morgan fingerprint density at radius 3 is 2.44 bits per heavy atom. The van der Waals surface area contributed by atoms with Crippen molar-refractivity contribution in [3.05, 3.63) is 51.2 Å². The van der Waals surface area contributed by atoms with Crippen LogP contribution in [-0.4, -0.2) is 93.4 Å². The minimum Gasteiger partial charge on any atom is -0.477 e. The molecule has 2 fully saturated rings. The quantitative estimate of drug-likeness (QED) is 0.268. The van der Waals surface area contributed by atoms with Crippen LogP contribution in [0.4, 0.5) is 10.1 Å². The summed E-state index contributed by atoms with van der Waals surface area (Å²) in [6.07, 6.45) is 1.33. The fraction of sp³-hybridized carbons (Fsp3) is 0.423. The maximum atomic E-state index is 14.5. The van der Waals surface area contributed by atoms with Crippen molar-refractivity contribution in [3.63, 3.8) is 0 Å². The van der Waals surface area contributed by atoms with Crippen LogP contribution in [0.25, 0.3) is 10.9 Å². The molecule has 220 valence electrons. The zero-order valence-electron chi connectivity index (χ0n) is 22.4. The number of fused-ring (bicyclic) bond motifs is 2. The topological polar surface area (TPSA) is 184 Å². The molecule has 0 spiro atoms. The molecule has 5 N–H and O–H groups in total. The number of aryl methyl sites for hydroxylation is 1. The number of esters is 1. The van der Waals surface area contributed by atoms with Crippen LogP contribution in [0.3, 0.4) is 0 Å². The Morgan fingerprint density at radius 1 is 1.17 bits per heavy atom. The monoisotopic (exact) mass is 591 g/mol. The van der Waals surface area contributed by atoms with E-state index in [0.717, 1.165) is 19.2 Å². The zero-order chi connectivity index (χ0) is 30.0. The van der Waals surface area contributed by atoms with Crippen molar-refractivity contribution >= 4 is 52.2 Å². The van der Waals surface area contributed by atoms with E-state index >= 15 is 0 Å². The van der Waals surface area contributed by atoms with Crippen molar-refractivity contribution in [2.75, 3.05) is 43.4 Å². The summed E-state index contributed by atoms with van der Waals surface area (Å²) in [4.78, 5) is 60.1. The number of piperazine rings is 1. The van der Waals surface area contributed by atoms with Crippen LogP contribution in [-0.2, 0) is 25.7 Å². The minimum atomic E-state index is -1.30. The summed E-state index contributed by atoms with van der Waals surface area (Å²) in [5, 5.41) is 21.3. The number of nitrogens with zero attached hydrogens (tertiary/aromatic N) is 3. The normalized spacial score (nSPS) is 20.1. The van der Waals surface area contributed by atoms with E-state index in [1.807, 2.05) is 11.8 Å². The Morgan fingerprint density at radius 2 is 1.85 bits per heavy atom. The van der Waals surface area contributed by atoms with Gasteiger partial charge in [0.2, 0.25) is 11.3 Å². The number of carbonyl (C=O) groups excluding carboxylic acids is 2. The van der Waals surface area contributed by atoms with Crippen LogP contribution in [0, 0.1) is 5.82 Å². The first-order valence-corrected chi connectivity index (χ1v) is 13.9. The Bertz CT molecular complexity index is 1500. The number of β-lactam (4-membered cyclic amide) rings is 1. The summed E-state index contributed by atoms with van der Waals surface area (Å²) < 4.78 is 21.0. The number of aliphatic carboxylic acids is 1. The lowest BCUT2D eigenvalue weighted by Gasteiger charge is -2.47. The summed E-state index contributed by atoms with van der Waals surface area (Å²) in [5.41, 5.74) is 5.92. The number of ether oxygens (including phenoxy) is 1. The number of benzene rings is 1. The molecule has 0 radical (unpaired) electrons. The molecule has 2 aromatic rings. The molecule has 5 rings (SSSR count). The van der Waals surface area contributed by atoms with E-state index in [1.165, 1.54) is 29.8 Å². The molecule has 0 bridgehead atoms. The van der Waals surface area contributed by atoms with Gasteiger partial charge in [-0.3, -0.25) is 19.3 Å². The second-order valence-corrected chi connectivity index (χ2v) is 10.6. The average molecular weight is 592 g/mol. The first-order valence-electron chi connectivity index (χ1n) is 12.8. The number of halogens is 1. The van der Waals surface area contributed by atoms with Gasteiger partial charge in [-0.05, 0) is 19.1 Å². The van der Waals surface area contributed by atoms with Crippen molar-refractivity contribution < 1.29 is 38.5 Å². The maximum absolute atomic E-state index is 14.5. The van der Waals surface area contributed by atoms with Crippen LogP contribution in [0.2, 0.25) is 0 Å². The molecular weight excluding hydrogens is 561 g/mol. The molecule has 3 aliphatic rings. The van der Waals surface area contributed by atoms with Gasteiger partial charge >= 0.3 is 17.9 Å². The number of nitrogens with one attached hydrogen (secondary N) is 1. The van der Waals surface area contributed by atoms with E-state index in [0.29, 0.717) is 42.2 Å². The van der Waals surface area contributed by atoms with Gasteiger partial charge in [-0.1, -0.05) is 0 Å². The molecule has 0 unspecified atom stereocenters. The molecule has 4 heterocycles. The van der Waals surface area contributed by atoms with Gasteiger partial charge in [0.25, 0.3) is 0 Å². The lowest BCUT2D eigenvalue weighted by atomic mass is 10.0. The fourth-order valence-corrected chi connectivity index (χ4v) is 6.12. The van der Waals surface area contributed by atoms with Gasteiger partial charge in [-0.15, -0.1) is 11.8 Å². The smallest absolute Gasteiger partial charge is 0.352 e. The Kier molecular flexibility index (Phi) is 8.99. The molecule has 2 saturated heterocycles. The maximum Gasteiger partial charge on any atom is 0.352 e. The molecule has 0 saturated carbocycles. The average Bonchev–Trinajstić information content (AvgIpc) is 2.95. The molecule has 13 nitrogen and oxygen atoms in total. The molecule has 1 aromatic heterocycles. The first kappa shape index (κ1) is 30.0. The number of hydrogen-bond donors (Lipinski definition) is 4. The van der Waals surface area contributed by atoms with E-state index < -0.39 is 41.1 Å². The van der Waals surface area contributed by atoms with Crippen molar-refractivity contribution in [2.24, 2.45) is 5.73 Å². The molecule has 1 amide bonds. The summed E-state index contributed by atoms with van der Waals surface area (Å²) in [6.45, 7) is 6.39. The van der Waals surface area contributed by atoms with Gasteiger partial charge in [0.05, 0.1) is 11.2 Å². The number of rotatable bonds is 6. The fourth-order valence-electron chi connectivity index (χ4n) is 4.84. The third kappa shape index (κ3) is 5.92. The number of aromatic nitrogens is 1. The largest absolute Gasteiger partial charge is 0.477 e. The molecular formula is C26H30FN5O8S. The highest BCUT2D eigenvalue weighted by molar-refractivity contribution is 8.00. The number of carboxylic acids is 2. The van der Waals surface area contributed by atoms with Gasteiger partial charge in [0, 0.05) is 62.6 Å². The third-order valence-corrected chi connectivity index (χ3v) is 8.28. The molecule has 1 aromatic carbocycles. The van der Waals surface area contributed by atoms with E-state index in [4.69, 9.17) is 20.7 Å². The zero-order valence-corrected chi connectivity index (χ0v) is 23.2. The standard InChI is InChI=1S/C16H18FN3O3.C10H12N2O5S/c1-2-19-9-11(16(22)23)15(21)10-7-12(17)14(8-13(10)19)20-5-3-18-4-6-20;1-4(13)17-2-5-3-18-9-6(11)8(14)12(9)7(5)10(15)16/h7-9,18H,2-6H2,1H3,(H,22,23);6,9H,2-3,11H2,1H3,(H,15,16)/t;6-,9-/m.1/s1. The lowest BCUT2D eigenvalue weighted by molar-refractivity contribution is -0.148. The van der Waals surface area contributed by atoms with Gasteiger partial charge in [-0.2, -0.15) is 0 Å². The van der Waals surface area contributed by atoms with E-state index in [2.05, 4.69) is 5.32 Å². The van der Waals surface area contributed by atoms with E-state index in [1.54, 1.807) is 10.6 Å². The number of carbonyl (C=O) groups is 4. The van der Waals surface area contributed by atoms with Crippen molar-refractivity contribution in [2.45, 2.75) is 31.8 Å². The van der Waals surface area contributed by atoms with Gasteiger partial charge in [0.1, 0.15) is 35.1 Å². The van der Waals surface area contributed by atoms with Gasteiger partial charge in [0.15, 0.2) is 0 Å². The summed E-state index contributed by atoms with van der Waals surface area (Å²) in [6, 6.07) is 2.15. The Balaban J connectivity index is 0.000000195. The molecule has 41 heavy (non-hydrogen) atoms. The summed E-state index contributed by atoms with van der Waals surface area (Å²) in [7, 11) is 0. The minimum absolute atomic E-state index is 0.100. The number of anilines is 1. The highest BCUT2D eigenvalue weighted by Gasteiger charge is 2.51. The van der Waals surface area contributed by atoms with Crippen LogP contribution >= 0.6 is 11.8 Å². The first-order chi connectivity index (χ1) is 19.5. The summed E-state index contributed by atoms with van der Waals surface area (Å²) in [5.74, 6) is -3.53. The van der Waals surface area contributed by atoms with Crippen molar-refractivity contribution in [1.29, 1.82) is 0 Å². The highest BCUT2D eigenvalue weighted by Crippen LogP contribution is 2.39. The van der Waals surface area contributed by atoms with Crippen LogP contribution in [0.5, 0.6) is 0 Å². The van der Waals surface area contributed by atoms with Crippen LogP contribution < -0.4 is 21.4 Å². The Labute approximate surface area is 237 Å². The number of amides is 1. The van der Waals surface area contributed by atoms with Crippen LogP contribution in [0.1, 0.15) is 24.2 Å². The molecule has 2 atom stereocenters. The number of hydrogen-bond acceptors (Lipinski definition) is 10. The van der Waals surface area contributed by atoms with Crippen LogP contribution in [0.15, 0.2) is 34.4 Å². The van der Waals surface area contributed by atoms with E-state index in [9.17, 15) is 28.4 Å². The third-order valence-electron chi connectivity index (χ3n) is 6.92. The van der Waals surface area contributed by atoms with Crippen molar-refractivity contribution in [3.8, 4) is 0 Å². The van der Waals surface area contributed by atoms with E-state index in [-0.39, 0.29) is 28.6 Å². The number of pyridine rings is 1. The van der Waals surface area contributed by atoms with Gasteiger partial charge < -0.3 is 35.5 Å². The van der Waals surface area contributed by atoms with Gasteiger partial charge in [-0.25, -0.2) is 14.0 Å². The lowest BCUT2D eigenvalue weighted by Crippen LogP contribution is -2.68. The number of carboxylic acid groups (broad SMARTS) is 2.